The number of thiazole rings is 1. The smallest absolute Gasteiger partial charge is 0.338 e. The molecule has 0 N–H and O–H groups in total. The highest BCUT2D eigenvalue weighted by Gasteiger charge is 2.36. The quantitative estimate of drug-likeness (QED) is 0.237. The van der Waals surface area contributed by atoms with E-state index in [0.29, 0.717) is 54.9 Å². The predicted molar refractivity (Wildman–Crippen MR) is 160 cm³/mol. The monoisotopic (exact) mass is 682 g/mol. The topological polar surface area (TPSA) is 88.4 Å². The van der Waals surface area contributed by atoms with Gasteiger partial charge in [-0.05, 0) is 77.9 Å². The number of benzene rings is 2. The first-order valence-electron chi connectivity index (χ1n) is 12.2. The van der Waals surface area contributed by atoms with Crippen molar-refractivity contribution in [2.24, 2.45) is 4.99 Å². The van der Waals surface area contributed by atoms with Gasteiger partial charge in [-0.15, -0.1) is 0 Å². The zero-order valence-electron chi connectivity index (χ0n) is 22.2. The lowest BCUT2D eigenvalue weighted by Crippen LogP contribution is -2.40. The summed E-state index contributed by atoms with van der Waals surface area (Å²) in [4.78, 5) is 32.7. The molecule has 1 aliphatic heterocycles. The lowest BCUT2D eigenvalue weighted by Gasteiger charge is -2.27. The summed E-state index contributed by atoms with van der Waals surface area (Å²) < 4.78 is 24.9. The van der Waals surface area contributed by atoms with Crippen molar-refractivity contribution in [3.05, 3.63) is 81.0 Å². The van der Waals surface area contributed by atoms with E-state index in [2.05, 4.69) is 22.6 Å². The Kier molecular flexibility index (Phi) is 9.39. The number of rotatable bonds is 9. The van der Waals surface area contributed by atoms with Crippen molar-refractivity contribution in [1.82, 2.24) is 4.57 Å². The van der Waals surface area contributed by atoms with Gasteiger partial charge in [-0.3, -0.25) is 9.36 Å². The Morgan fingerprint density at radius 1 is 1.13 bits per heavy atom. The summed E-state index contributed by atoms with van der Waals surface area (Å²) in [5.74, 6) is 1.14. The number of hydrogen-bond donors (Lipinski definition) is 0. The van der Waals surface area contributed by atoms with Crippen molar-refractivity contribution in [1.29, 1.82) is 0 Å². The van der Waals surface area contributed by atoms with E-state index >= 15 is 0 Å². The highest BCUT2D eigenvalue weighted by atomic mass is 127. The second-order valence-corrected chi connectivity index (χ2v) is 11.1. The third kappa shape index (κ3) is 5.73. The Morgan fingerprint density at radius 3 is 2.51 bits per heavy atom. The molecule has 4 rings (SSSR count). The van der Waals surface area contributed by atoms with Crippen molar-refractivity contribution in [3.63, 3.8) is 0 Å². The molecule has 1 aliphatic rings. The van der Waals surface area contributed by atoms with E-state index in [-0.39, 0.29) is 12.2 Å². The van der Waals surface area contributed by atoms with E-state index in [1.54, 1.807) is 45.4 Å². The molecule has 0 fully saturated rings. The van der Waals surface area contributed by atoms with E-state index < -0.39 is 12.0 Å². The van der Waals surface area contributed by atoms with Crippen molar-refractivity contribution >= 4 is 57.6 Å². The largest absolute Gasteiger partial charge is 0.496 e. The molecule has 2 heterocycles. The Bertz CT molecular complexity index is 1630. The Labute approximate surface area is 248 Å². The summed E-state index contributed by atoms with van der Waals surface area (Å²) in [6.07, 6.45) is 3.07. The van der Waals surface area contributed by atoms with Gasteiger partial charge in [0.25, 0.3) is 5.56 Å². The molecule has 0 spiro atoms. The number of allylic oxidation sites excluding steroid dienone is 1. The number of methoxy groups -OCH3 is 3. The summed E-state index contributed by atoms with van der Waals surface area (Å²) in [5.41, 5.74) is 1.92. The highest BCUT2D eigenvalue weighted by molar-refractivity contribution is 14.1. The van der Waals surface area contributed by atoms with Gasteiger partial charge < -0.3 is 18.9 Å². The first-order chi connectivity index (χ1) is 18.8. The number of ether oxygens (including phenoxy) is 4. The highest BCUT2D eigenvalue weighted by Crippen LogP contribution is 2.38. The number of halogens is 2. The molecule has 39 heavy (non-hydrogen) atoms. The second-order valence-electron chi connectivity index (χ2n) is 8.54. The summed E-state index contributed by atoms with van der Waals surface area (Å²) in [5, 5.41) is 0.449. The Morgan fingerprint density at radius 2 is 1.87 bits per heavy atom. The molecule has 2 aromatic carbocycles. The Balaban J connectivity index is 2.04. The van der Waals surface area contributed by atoms with Gasteiger partial charge >= 0.3 is 5.97 Å². The number of carbonyl (C=O) groups excluding carboxylic acids is 1. The van der Waals surface area contributed by atoms with E-state index in [9.17, 15) is 9.59 Å². The van der Waals surface area contributed by atoms with Gasteiger partial charge in [0.2, 0.25) is 0 Å². The zero-order chi connectivity index (χ0) is 28.3. The maximum absolute atomic E-state index is 14.0. The molecule has 0 bridgehead atoms. The van der Waals surface area contributed by atoms with Crippen LogP contribution in [0.4, 0.5) is 0 Å². The molecule has 0 unspecified atom stereocenters. The number of aromatic nitrogens is 1. The average molecular weight is 683 g/mol. The first kappa shape index (κ1) is 29.2. The van der Waals surface area contributed by atoms with Gasteiger partial charge in [-0.1, -0.05) is 36.3 Å². The van der Waals surface area contributed by atoms with Crippen LogP contribution < -0.4 is 29.1 Å². The first-order valence-corrected chi connectivity index (χ1v) is 14.5. The van der Waals surface area contributed by atoms with Crippen LogP contribution in [0.2, 0.25) is 5.02 Å². The van der Waals surface area contributed by atoms with Gasteiger partial charge in [0.05, 0.1) is 47.3 Å². The maximum atomic E-state index is 14.0. The van der Waals surface area contributed by atoms with Crippen molar-refractivity contribution in [2.75, 3.05) is 27.9 Å². The van der Waals surface area contributed by atoms with Gasteiger partial charge in [0.1, 0.15) is 11.8 Å². The molecule has 3 aromatic rings. The maximum Gasteiger partial charge on any atom is 0.338 e. The fraction of sp³-hybridized carbons (Fsp3) is 0.321. The number of hydrogen-bond acceptors (Lipinski definition) is 8. The van der Waals surface area contributed by atoms with E-state index in [4.69, 9.17) is 35.5 Å². The summed E-state index contributed by atoms with van der Waals surface area (Å²) in [6, 6.07) is 8.03. The lowest BCUT2D eigenvalue weighted by atomic mass is 9.93. The van der Waals surface area contributed by atoms with Gasteiger partial charge in [0.15, 0.2) is 16.3 Å². The molecule has 1 atom stereocenters. The Hall–Kier alpha value is -2.83. The van der Waals surface area contributed by atoms with Gasteiger partial charge in [0, 0.05) is 10.6 Å². The summed E-state index contributed by atoms with van der Waals surface area (Å²) >= 11 is 9.82. The standard InChI is InChI=1S/C28H28ClIN2O6S/c1-6-8-19-23(27(34)38-7-2)24(17-14-16(29)9-10-20(17)35-3)32-26(33)22(39-28(32)31-19)13-15-11-18(30)25(37-5)21(12-15)36-4/h9-14,24H,6-8H2,1-5H3/b22-13+/t24-/m0/s1. The minimum absolute atomic E-state index is 0.184. The van der Waals surface area contributed by atoms with Crippen molar-refractivity contribution in [3.8, 4) is 17.2 Å². The number of esters is 1. The van der Waals surface area contributed by atoms with Crippen LogP contribution in [-0.2, 0) is 9.53 Å². The van der Waals surface area contributed by atoms with Crippen LogP contribution in [0.5, 0.6) is 17.2 Å². The fourth-order valence-corrected chi connectivity index (χ4v) is 6.55. The predicted octanol–water partition coefficient (Wildman–Crippen LogP) is 4.86. The summed E-state index contributed by atoms with van der Waals surface area (Å²) in [7, 11) is 4.68. The molecule has 0 amide bonds. The van der Waals surface area contributed by atoms with Crippen molar-refractivity contribution < 1.29 is 23.7 Å². The van der Waals surface area contributed by atoms with Gasteiger partial charge in [-0.2, -0.15) is 0 Å². The van der Waals surface area contributed by atoms with Crippen LogP contribution in [0, 0.1) is 3.57 Å². The molecule has 0 aliphatic carbocycles. The lowest BCUT2D eigenvalue weighted by molar-refractivity contribution is -0.139. The number of fused-ring (bicyclic) bond motifs is 1. The van der Waals surface area contributed by atoms with Crippen LogP contribution >= 0.6 is 45.5 Å². The molecular weight excluding hydrogens is 655 g/mol. The second kappa shape index (κ2) is 12.6. The normalized spacial score (nSPS) is 15.1. The van der Waals surface area contributed by atoms with Crippen LogP contribution in [0.1, 0.15) is 43.9 Å². The third-order valence-electron chi connectivity index (χ3n) is 6.13. The SMILES string of the molecule is CCCC1=C(C(=O)OCC)[C@H](c2cc(Cl)ccc2OC)n2c(s/c(=C/c3cc(I)c(OC)c(OC)c3)c2=O)=N1. The van der Waals surface area contributed by atoms with Gasteiger partial charge in [-0.25, -0.2) is 9.79 Å². The molecule has 0 radical (unpaired) electrons. The fourth-order valence-electron chi connectivity index (χ4n) is 4.51. The zero-order valence-corrected chi connectivity index (χ0v) is 25.9. The minimum Gasteiger partial charge on any atom is -0.496 e. The average Bonchev–Trinajstić information content (AvgIpc) is 3.22. The van der Waals surface area contributed by atoms with Crippen LogP contribution in [0.15, 0.2) is 51.4 Å². The van der Waals surface area contributed by atoms with Crippen molar-refractivity contribution in [2.45, 2.75) is 32.7 Å². The van der Waals surface area contributed by atoms with Crippen LogP contribution in [0.25, 0.3) is 6.08 Å². The third-order valence-corrected chi connectivity index (χ3v) is 8.15. The summed E-state index contributed by atoms with van der Waals surface area (Å²) in [6.45, 7) is 3.93. The molecule has 206 valence electrons. The molecule has 11 heteroatoms. The van der Waals surface area contributed by atoms with Crippen LogP contribution in [-0.4, -0.2) is 38.5 Å². The molecule has 0 saturated heterocycles. The van der Waals surface area contributed by atoms with E-state index in [0.717, 1.165) is 15.6 Å². The minimum atomic E-state index is -0.830. The molecule has 8 nitrogen and oxygen atoms in total. The number of nitrogens with zero attached hydrogens (tertiary/aromatic N) is 2. The molecular formula is C28H28ClIN2O6S. The van der Waals surface area contributed by atoms with Crippen LogP contribution in [0.3, 0.4) is 0 Å². The van der Waals surface area contributed by atoms with E-state index in [1.165, 1.54) is 23.0 Å². The van der Waals surface area contributed by atoms with E-state index in [1.807, 2.05) is 19.1 Å². The number of carbonyl (C=O) groups is 1. The molecule has 0 saturated carbocycles. The molecule has 1 aromatic heterocycles.